The second-order valence-corrected chi connectivity index (χ2v) is 11.4. The molecule has 2 aromatic carbocycles. The van der Waals surface area contributed by atoms with E-state index in [1.54, 1.807) is 6.20 Å². The highest BCUT2D eigenvalue weighted by Gasteiger charge is 2.20. The first-order valence-corrected chi connectivity index (χ1v) is 14.0. The van der Waals surface area contributed by atoms with Crippen LogP contribution in [0.4, 0.5) is 17.1 Å². The van der Waals surface area contributed by atoms with Crippen LogP contribution in [-0.4, -0.2) is 79.7 Å². The van der Waals surface area contributed by atoms with Crippen molar-refractivity contribution in [1.29, 1.82) is 0 Å². The summed E-state index contributed by atoms with van der Waals surface area (Å²) in [7, 11) is 4.38. The molecule has 0 atom stereocenters. The molecule has 0 spiro atoms. The van der Waals surface area contributed by atoms with Crippen molar-refractivity contribution in [3.63, 3.8) is 0 Å². The second kappa shape index (κ2) is 10.6. The van der Waals surface area contributed by atoms with Gasteiger partial charge in [-0.2, -0.15) is 0 Å². The summed E-state index contributed by atoms with van der Waals surface area (Å²) in [5, 5.41) is 6.35. The maximum atomic E-state index is 6.42. The minimum atomic E-state index is 0.581. The Morgan fingerprint density at radius 1 is 1.00 bits per heavy atom. The summed E-state index contributed by atoms with van der Waals surface area (Å²) in [6.07, 6.45) is 4.03. The Hall–Kier alpha value is -3.00. The molecule has 2 fully saturated rings. The maximum Gasteiger partial charge on any atom is 0.143 e. The number of benzene rings is 2. The first kappa shape index (κ1) is 25.3. The Kier molecular flexibility index (Phi) is 7.08. The number of pyridine rings is 1. The van der Waals surface area contributed by atoms with Crippen molar-refractivity contribution >= 4 is 50.6 Å². The molecule has 0 radical (unpaired) electrons. The van der Waals surface area contributed by atoms with E-state index in [2.05, 4.69) is 81.3 Å². The van der Waals surface area contributed by atoms with Gasteiger partial charge in [0.2, 0.25) is 0 Å². The number of likely N-dealkylation sites (tertiary alicyclic amines) is 1. The third kappa shape index (κ3) is 5.15. The molecular weight excluding hydrogens is 496 g/mol. The van der Waals surface area contributed by atoms with Gasteiger partial charge in [-0.05, 0) is 94.8 Å². The van der Waals surface area contributed by atoms with Gasteiger partial charge in [0.1, 0.15) is 11.4 Å². The molecule has 2 aliphatic heterocycles. The molecule has 4 aromatic rings. The minimum Gasteiger partial charge on any atom is -0.491 e. The third-order valence-corrected chi connectivity index (χ3v) is 8.37. The van der Waals surface area contributed by atoms with Crippen LogP contribution in [0.2, 0.25) is 5.02 Å². The number of aryl methyl sites for hydroxylation is 1. The maximum absolute atomic E-state index is 6.42. The van der Waals surface area contributed by atoms with Gasteiger partial charge in [0.05, 0.1) is 17.1 Å². The van der Waals surface area contributed by atoms with Crippen LogP contribution in [0.1, 0.15) is 18.4 Å². The molecule has 38 heavy (non-hydrogen) atoms. The standard InChI is InChI=1S/C30H37ClN6O/c1-20-16-23(4-6-26(20)37-14-12-36(3)13-15-37)33-25-5-7-27(38-19-21-8-10-35(2)11-9-21)29-28(25)24-17-22(31)18-32-30(24)34-29/h4-7,16-18,21,33H,8-15,19H2,1-3H3,(H,32,34). The van der Waals surface area contributed by atoms with Crippen LogP contribution in [0.5, 0.6) is 5.75 Å². The molecule has 200 valence electrons. The number of piperazine rings is 1. The molecule has 0 amide bonds. The van der Waals surface area contributed by atoms with Gasteiger partial charge in [-0.3, -0.25) is 0 Å². The summed E-state index contributed by atoms with van der Waals surface area (Å²) in [5.41, 5.74) is 6.43. The Balaban J connectivity index is 1.30. The van der Waals surface area contributed by atoms with E-state index in [-0.39, 0.29) is 0 Å². The number of hydrogen-bond donors (Lipinski definition) is 2. The predicted molar refractivity (Wildman–Crippen MR) is 158 cm³/mol. The van der Waals surface area contributed by atoms with Crippen molar-refractivity contribution in [3.05, 3.63) is 53.2 Å². The average molecular weight is 533 g/mol. The van der Waals surface area contributed by atoms with Crippen LogP contribution < -0.4 is 15.0 Å². The fraction of sp³-hybridized carbons (Fsp3) is 0.433. The summed E-state index contributed by atoms with van der Waals surface area (Å²) < 4.78 is 6.42. The number of anilines is 3. The molecule has 7 nitrogen and oxygen atoms in total. The third-order valence-electron chi connectivity index (χ3n) is 8.17. The molecule has 2 aliphatic rings. The van der Waals surface area contributed by atoms with Crippen LogP contribution in [0.25, 0.3) is 21.9 Å². The normalized spacial score (nSPS) is 17.9. The van der Waals surface area contributed by atoms with E-state index in [1.165, 1.54) is 24.1 Å². The van der Waals surface area contributed by atoms with Crippen molar-refractivity contribution in [2.75, 3.05) is 70.2 Å². The molecule has 8 heteroatoms. The van der Waals surface area contributed by atoms with E-state index in [1.807, 2.05) is 6.07 Å². The van der Waals surface area contributed by atoms with E-state index in [0.29, 0.717) is 10.9 Å². The van der Waals surface area contributed by atoms with Gasteiger partial charge in [0.25, 0.3) is 0 Å². The van der Waals surface area contributed by atoms with Crippen LogP contribution in [-0.2, 0) is 0 Å². The molecule has 2 aromatic heterocycles. The van der Waals surface area contributed by atoms with Crippen molar-refractivity contribution in [2.24, 2.45) is 5.92 Å². The number of aromatic amines is 1. The molecule has 6 rings (SSSR count). The van der Waals surface area contributed by atoms with Crippen LogP contribution in [0, 0.1) is 12.8 Å². The number of halogens is 1. The van der Waals surface area contributed by atoms with Gasteiger partial charge in [-0.15, -0.1) is 0 Å². The smallest absolute Gasteiger partial charge is 0.143 e. The quantitative estimate of drug-likeness (QED) is 0.323. The molecule has 2 saturated heterocycles. The number of aromatic nitrogens is 2. The number of nitrogens with one attached hydrogen (secondary N) is 2. The van der Waals surface area contributed by atoms with E-state index >= 15 is 0 Å². The lowest BCUT2D eigenvalue weighted by Crippen LogP contribution is -2.44. The summed E-state index contributed by atoms with van der Waals surface area (Å²) in [6.45, 7) is 9.51. The molecule has 0 aliphatic carbocycles. The lowest BCUT2D eigenvalue weighted by Gasteiger charge is -2.35. The topological polar surface area (TPSA) is 59.7 Å². The number of likely N-dealkylation sites (N-methyl/N-ethyl adjacent to an activating group) is 1. The van der Waals surface area contributed by atoms with Gasteiger partial charge >= 0.3 is 0 Å². The van der Waals surface area contributed by atoms with Gasteiger partial charge in [-0.1, -0.05) is 11.6 Å². The van der Waals surface area contributed by atoms with Gasteiger partial charge < -0.3 is 29.7 Å². The second-order valence-electron chi connectivity index (χ2n) is 11.0. The van der Waals surface area contributed by atoms with Crippen molar-refractivity contribution < 1.29 is 4.74 Å². The fourth-order valence-electron chi connectivity index (χ4n) is 5.79. The minimum absolute atomic E-state index is 0.581. The number of H-pyrrole nitrogens is 1. The van der Waals surface area contributed by atoms with E-state index in [0.717, 1.165) is 84.9 Å². The van der Waals surface area contributed by atoms with Crippen molar-refractivity contribution in [3.8, 4) is 5.75 Å². The van der Waals surface area contributed by atoms with Crippen molar-refractivity contribution in [2.45, 2.75) is 19.8 Å². The highest BCUT2D eigenvalue weighted by atomic mass is 35.5. The lowest BCUT2D eigenvalue weighted by atomic mass is 9.98. The zero-order chi connectivity index (χ0) is 26.2. The SMILES string of the molecule is Cc1cc(Nc2ccc(OCC3CCN(C)CC3)c3[nH]c4ncc(Cl)cc4c23)ccc1N1CCN(C)CC1. The lowest BCUT2D eigenvalue weighted by molar-refractivity contribution is 0.161. The highest BCUT2D eigenvalue weighted by molar-refractivity contribution is 6.31. The van der Waals surface area contributed by atoms with E-state index in [9.17, 15) is 0 Å². The number of nitrogens with zero attached hydrogens (tertiary/aromatic N) is 4. The zero-order valence-electron chi connectivity index (χ0n) is 22.6. The van der Waals surface area contributed by atoms with Crippen LogP contribution in [0.3, 0.4) is 0 Å². The average Bonchev–Trinajstić information content (AvgIpc) is 3.29. The first-order valence-electron chi connectivity index (χ1n) is 13.7. The number of fused-ring (bicyclic) bond motifs is 3. The monoisotopic (exact) mass is 532 g/mol. The van der Waals surface area contributed by atoms with Gasteiger partial charge in [0.15, 0.2) is 0 Å². The molecule has 4 heterocycles. The van der Waals surface area contributed by atoms with Gasteiger partial charge in [0, 0.05) is 60.2 Å². The van der Waals surface area contributed by atoms with Crippen LogP contribution >= 0.6 is 11.6 Å². The Morgan fingerprint density at radius 2 is 1.76 bits per heavy atom. The summed E-state index contributed by atoms with van der Waals surface area (Å²) in [4.78, 5) is 15.3. The highest BCUT2D eigenvalue weighted by Crippen LogP contribution is 2.39. The number of rotatable bonds is 6. The largest absolute Gasteiger partial charge is 0.491 e. The number of piperidine rings is 1. The molecule has 0 bridgehead atoms. The summed E-state index contributed by atoms with van der Waals surface area (Å²) in [6, 6.07) is 12.8. The Bertz CT molecular complexity index is 1440. The molecule has 0 unspecified atom stereocenters. The molecule has 2 N–H and O–H groups in total. The fourth-order valence-corrected chi connectivity index (χ4v) is 5.94. The zero-order valence-corrected chi connectivity index (χ0v) is 23.3. The first-order chi connectivity index (χ1) is 18.4. The van der Waals surface area contributed by atoms with Crippen LogP contribution in [0.15, 0.2) is 42.6 Å². The van der Waals surface area contributed by atoms with E-state index < -0.39 is 0 Å². The molecular formula is C30H37ClN6O. The summed E-state index contributed by atoms with van der Waals surface area (Å²) >= 11 is 6.38. The Morgan fingerprint density at radius 3 is 2.53 bits per heavy atom. The van der Waals surface area contributed by atoms with Crippen molar-refractivity contribution in [1.82, 2.24) is 19.8 Å². The van der Waals surface area contributed by atoms with Gasteiger partial charge in [-0.25, -0.2) is 4.98 Å². The number of ether oxygens (including phenoxy) is 1. The Labute approximate surface area is 229 Å². The predicted octanol–water partition coefficient (Wildman–Crippen LogP) is 5.89. The van der Waals surface area contributed by atoms with E-state index in [4.69, 9.17) is 16.3 Å². The summed E-state index contributed by atoms with van der Waals surface area (Å²) in [5.74, 6) is 1.44. The molecule has 0 saturated carbocycles. The number of hydrogen-bond acceptors (Lipinski definition) is 6.